The van der Waals surface area contributed by atoms with Crippen LogP contribution in [-0.2, 0) is 9.53 Å². The van der Waals surface area contributed by atoms with Crippen molar-refractivity contribution < 1.29 is 9.53 Å². The lowest BCUT2D eigenvalue weighted by Crippen LogP contribution is -2.05. The molecular weight excluding hydrogens is 512 g/mol. The Morgan fingerprint density at radius 1 is 0.405 bits per heavy atom. The van der Waals surface area contributed by atoms with Gasteiger partial charge >= 0.3 is 5.97 Å². The van der Waals surface area contributed by atoms with Gasteiger partial charge in [0.15, 0.2) is 0 Å². The van der Waals surface area contributed by atoms with E-state index < -0.39 is 0 Å². The minimum absolute atomic E-state index is 0.00890. The summed E-state index contributed by atoms with van der Waals surface area (Å²) in [5, 5.41) is 0. The zero-order valence-corrected chi connectivity index (χ0v) is 29.0. The molecule has 0 saturated heterocycles. The van der Waals surface area contributed by atoms with Gasteiger partial charge in [0.1, 0.15) is 0 Å². The van der Waals surface area contributed by atoms with Crippen LogP contribution < -0.4 is 0 Å². The van der Waals surface area contributed by atoms with E-state index in [4.69, 9.17) is 4.74 Å². The Balaban J connectivity index is 3.22. The van der Waals surface area contributed by atoms with Crippen molar-refractivity contribution in [2.24, 2.45) is 0 Å². The van der Waals surface area contributed by atoms with Crippen LogP contribution in [0.15, 0.2) is 24.3 Å². The van der Waals surface area contributed by atoms with Gasteiger partial charge in [0, 0.05) is 6.42 Å². The molecule has 0 amide bonds. The van der Waals surface area contributed by atoms with Crippen LogP contribution in [0.2, 0.25) is 0 Å². The normalized spacial score (nSPS) is 11.8. The van der Waals surface area contributed by atoms with Crippen LogP contribution in [0, 0.1) is 0 Å². The van der Waals surface area contributed by atoms with Gasteiger partial charge in [0.05, 0.1) is 6.61 Å². The minimum atomic E-state index is 0.00890. The number of ether oxygens (including phenoxy) is 1. The molecule has 0 unspecified atom stereocenters. The molecule has 0 aliphatic heterocycles. The standard InChI is InChI=1S/C40H76O2/c1-3-5-7-9-11-13-15-17-19-21-22-23-24-26-28-30-32-34-36-38-40(41)42-39-37-35-33-31-29-27-25-20-18-16-14-12-10-8-6-4-2/h18,20,27,29H,3-17,19,21-26,28,30-39H2,1-2H3. The zero-order chi connectivity index (χ0) is 30.4. The van der Waals surface area contributed by atoms with Crippen molar-refractivity contribution in [3.63, 3.8) is 0 Å². The largest absolute Gasteiger partial charge is 0.466 e. The summed E-state index contributed by atoms with van der Waals surface area (Å²) >= 11 is 0. The second-order valence-electron chi connectivity index (χ2n) is 12.9. The van der Waals surface area contributed by atoms with Crippen molar-refractivity contribution in [2.45, 2.75) is 219 Å². The Labute approximate surface area is 265 Å². The molecule has 0 spiro atoms. The van der Waals surface area contributed by atoms with Gasteiger partial charge in [-0.15, -0.1) is 0 Å². The van der Waals surface area contributed by atoms with Crippen LogP contribution >= 0.6 is 0 Å². The predicted molar refractivity (Wildman–Crippen MR) is 188 cm³/mol. The first-order chi connectivity index (χ1) is 20.8. The lowest BCUT2D eigenvalue weighted by atomic mass is 10.0. The van der Waals surface area contributed by atoms with Gasteiger partial charge in [-0.2, -0.15) is 0 Å². The minimum Gasteiger partial charge on any atom is -0.466 e. The van der Waals surface area contributed by atoms with E-state index in [1.165, 1.54) is 167 Å². The molecule has 0 aromatic carbocycles. The molecule has 248 valence electrons. The summed E-state index contributed by atoms with van der Waals surface area (Å²) in [4.78, 5) is 11.9. The molecule has 0 aromatic rings. The SMILES string of the molecule is CCCCCCCCC=CCC=CCCCCCOC(=O)CCCCCCCCCCCCCCCCCCCCC. The molecular formula is C40H76O2. The third kappa shape index (κ3) is 37.0. The van der Waals surface area contributed by atoms with Crippen LogP contribution in [0.5, 0.6) is 0 Å². The van der Waals surface area contributed by atoms with Crippen LogP contribution in [0.25, 0.3) is 0 Å². The fraction of sp³-hybridized carbons (Fsp3) is 0.875. The molecule has 0 aliphatic carbocycles. The van der Waals surface area contributed by atoms with Crippen LogP contribution in [0.1, 0.15) is 219 Å². The van der Waals surface area contributed by atoms with Crippen molar-refractivity contribution in [1.29, 1.82) is 0 Å². The number of rotatable bonds is 35. The van der Waals surface area contributed by atoms with Crippen LogP contribution in [-0.4, -0.2) is 12.6 Å². The molecule has 0 saturated carbocycles. The summed E-state index contributed by atoms with van der Waals surface area (Å²) in [5.74, 6) is 0.00890. The number of carbonyl (C=O) groups is 1. The molecule has 0 rings (SSSR count). The molecule has 0 atom stereocenters. The molecule has 2 heteroatoms. The maximum atomic E-state index is 11.9. The quantitative estimate of drug-likeness (QED) is 0.0418. The van der Waals surface area contributed by atoms with E-state index in [2.05, 4.69) is 38.2 Å². The summed E-state index contributed by atoms with van der Waals surface area (Å²) in [5.41, 5.74) is 0. The van der Waals surface area contributed by atoms with Gasteiger partial charge in [0.2, 0.25) is 0 Å². The van der Waals surface area contributed by atoms with Gasteiger partial charge in [-0.1, -0.05) is 186 Å². The Kier molecular flexibility index (Phi) is 37.0. The summed E-state index contributed by atoms with van der Waals surface area (Å²) in [6.07, 6.45) is 51.1. The average Bonchev–Trinajstić information content (AvgIpc) is 3.00. The highest BCUT2D eigenvalue weighted by Gasteiger charge is 2.02. The molecule has 0 bridgehead atoms. The van der Waals surface area contributed by atoms with Crippen molar-refractivity contribution in [3.8, 4) is 0 Å². The molecule has 42 heavy (non-hydrogen) atoms. The first-order valence-corrected chi connectivity index (χ1v) is 19.3. The Hall–Kier alpha value is -1.05. The topological polar surface area (TPSA) is 26.3 Å². The van der Waals surface area contributed by atoms with Crippen molar-refractivity contribution in [3.05, 3.63) is 24.3 Å². The number of hydrogen-bond donors (Lipinski definition) is 0. The molecule has 2 nitrogen and oxygen atoms in total. The maximum Gasteiger partial charge on any atom is 0.305 e. The highest BCUT2D eigenvalue weighted by molar-refractivity contribution is 5.69. The highest BCUT2D eigenvalue weighted by Crippen LogP contribution is 2.15. The van der Waals surface area contributed by atoms with E-state index in [-0.39, 0.29) is 5.97 Å². The second kappa shape index (κ2) is 38.0. The van der Waals surface area contributed by atoms with E-state index in [0.29, 0.717) is 13.0 Å². The van der Waals surface area contributed by atoms with E-state index in [0.717, 1.165) is 32.1 Å². The summed E-state index contributed by atoms with van der Waals surface area (Å²) in [7, 11) is 0. The summed E-state index contributed by atoms with van der Waals surface area (Å²) in [6.45, 7) is 5.17. The second-order valence-corrected chi connectivity index (χ2v) is 12.9. The molecule has 0 heterocycles. The van der Waals surface area contributed by atoms with E-state index in [9.17, 15) is 4.79 Å². The zero-order valence-electron chi connectivity index (χ0n) is 29.0. The Morgan fingerprint density at radius 2 is 0.738 bits per heavy atom. The third-order valence-electron chi connectivity index (χ3n) is 8.59. The predicted octanol–water partition coefficient (Wildman–Crippen LogP) is 14.2. The van der Waals surface area contributed by atoms with Gasteiger partial charge in [-0.3, -0.25) is 4.79 Å². The van der Waals surface area contributed by atoms with Gasteiger partial charge in [-0.25, -0.2) is 0 Å². The highest BCUT2D eigenvalue weighted by atomic mass is 16.5. The molecule has 0 fully saturated rings. The number of hydrogen-bond acceptors (Lipinski definition) is 2. The first kappa shape index (κ1) is 41.0. The fourth-order valence-electron chi connectivity index (χ4n) is 5.70. The lowest BCUT2D eigenvalue weighted by molar-refractivity contribution is -0.143. The van der Waals surface area contributed by atoms with Crippen LogP contribution in [0.3, 0.4) is 0 Å². The van der Waals surface area contributed by atoms with E-state index >= 15 is 0 Å². The Morgan fingerprint density at radius 3 is 1.14 bits per heavy atom. The smallest absolute Gasteiger partial charge is 0.305 e. The number of carbonyl (C=O) groups excluding carboxylic acids is 1. The first-order valence-electron chi connectivity index (χ1n) is 19.3. The summed E-state index contributed by atoms with van der Waals surface area (Å²) < 4.78 is 5.43. The van der Waals surface area contributed by atoms with Crippen molar-refractivity contribution in [1.82, 2.24) is 0 Å². The summed E-state index contributed by atoms with van der Waals surface area (Å²) in [6, 6.07) is 0. The third-order valence-corrected chi connectivity index (χ3v) is 8.59. The van der Waals surface area contributed by atoms with Crippen LogP contribution in [0.4, 0.5) is 0 Å². The Bertz CT molecular complexity index is 564. The monoisotopic (exact) mass is 589 g/mol. The van der Waals surface area contributed by atoms with Gasteiger partial charge in [0.25, 0.3) is 0 Å². The number of esters is 1. The number of allylic oxidation sites excluding steroid dienone is 4. The van der Waals surface area contributed by atoms with Crippen molar-refractivity contribution in [2.75, 3.05) is 6.61 Å². The maximum absolute atomic E-state index is 11.9. The lowest BCUT2D eigenvalue weighted by Gasteiger charge is -2.05. The molecule has 0 N–H and O–H groups in total. The van der Waals surface area contributed by atoms with E-state index in [1.807, 2.05) is 0 Å². The van der Waals surface area contributed by atoms with Gasteiger partial charge in [-0.05, 0) is 51.4 Å². The molecule has 0 radical (unpaired) electrons. The average molecular weight is 589 g/mol. The van der Waals surface area contributed by atoms with E-state index in [1.54, 1.807) is 0 Å². The molecule has 0 aliphatic rings. The van der Waals surface area contributed by atoms with Gasteiger partial charge < -0.3 is 4.74 Å². The molecule has 0 aromatic heterocycles. The fourth-order valence-corrected chi connectivity index (χ4v) is 5.70. The van der Waals surface area contributed by atoms with Crippen molar-refractivity contribution >= 4 is 5.97 Å². The number of unbranched alkanes of at least 4 members (excludes halogenated alkanes) is 27.